The van der Waals surface area contributed by atoms with Crippen LogP contribution in [0.1, 0.15) is 16.7 Å². The third-order valence-corrected chi connectivity index (χ3v) is 8.92. The molecular weight excluding hydrogens is 517 g/mol. The van der Waals surface area contributed by atoms with E-state index in [1.165, 1.54) is 28.1 Å². The zero-order valence-electron chi connectivity index (χ0n) is 23.1. The summed E-state index contributed by atoms with van der Waals surface area (Å²) in [4.78, 5) is 10.9. The van der Waals surface area contributed by atoms with Crippen molar-refractivity contribution in [2.24, 2.45) is 0 Å². The fourth-order valence-electron chi connectivity index (χ4n) is 3.98. The molecule has 6 heteroatoms. The standard InChI is InChI=1S/C33H38N4S2/c1-35-22-18-31(19-23-35)7-5-29-10-14-33(15-11-29)37(3)25-27-39-38-26-24-36(2)32-12-8-28(9-13-32)4-6-30-16-20-34-21-17-30/h4-22H,23-27H2,1-3H3/b6-4+,7-5+. The van der Waals surface area contributed by atoms with Gasteiger partial charge >= 0.3 is 0 Å². The van der Waals surface area contributed by atoms with E-state index in [-0.39, 0.29) is 0 Å². The highest BCUT2D eigenvalue weighted by molar-refractivity contribution is 8.76. The quantitative estimate of drug-likeness (QED) is 0.159. The molecule has 0 saturated carbocycles. The first-order chi connectivity index (χ1) is 19.1. The van der Waals surface area contributed by atoms with E-state index in [9.17, 15) is 0 Å². The predicted octanol–water partition coefficient (Wildman–Crippen LogP) is 7.60. The van der Waals surface area contributed by atoms with Crippen LogP contribution in [-0.2, 0) is 0 Å². The molecule has 4 nitrogen and oxygen atoms in total. The number of nitrogens with zero attached hydrogens (tertiary/aromatic N) is 4. The highest BCUT2D eigenvalue weighted by Crippen LogP contribution is 2.24. The van der Waals surface area contributed by atoms with Crippen LogP contribution in [-0.4, -0.2) is 62.2 Å². The molecule has 0 amide bonds. The number of hydrogen-bond acceptors (Lipinski definition) is 6. The van der Waals surface area contributed by atoms with Crippen molar-refractivity contribution in [3.8, 4) is 0 Å². The van der Waals surface area contributed by atoms with Crippen LogP contribution in [0.15, 0.2) is 103 Å². The van der Waals surface area contributed by atoms with Crippen molar-refractivity contribution in [3.05, 3.63) is 120 Å². The number of rotatable bonds is 13. The van der Waals surface area contributed by atoms with E-state index < -0.39 is 0 Å². The van der Waals surface area contributed by atoms with Crippen molar-refractivity contribution in [2.45, 2.75) is 0 Å². The first-order valence-corrected chi connectivity index (χ1v) is 15.8. The summed E-state index contributed by atoms with van der Waals surface area (Å²) in [5.41, 5.74) is 7.36. The van der Waals surface area contributed by atoms with Gasteiger partial charge < -0.3 is 14.7 Å². The molecule has 39 heavy (non-hydrogen) atoms. The molecule has 4 rings (SSSR count). The molecule has 202 valence electrons. The van der Waals surface area contributed by atoms with Gasteiger partial charge in [0.05, 0.1) is 0 Å². The van der Waals surface area contributed by atoms with Crippen LogP contribution in [0.4, 0.5) is 11.4 Å². The van der Waals surface area contributed by atoms with Crippen molar-refractivity contribution >= 4 is 51.2 Å². The summed E-state index contributed by atoms with van der Waals surface area (Å²) in [6.45, 7) is 3.02. The number of allylic oxidation sites excluding steroid dienone is 3. The minimum absolute atomic E-state index is 0.966. The van der Waals surface area contributed by atoms with Gasteiger partial charge in [-0.2, -0.15) is 0 Å². The molecule has 0 unspecified atom stereocenters. The maximum Gasteiger partial charge on any atom is 0.0364 e. The largest absolute Gasteiger partial charge is 0.377 e. The van der Waals surface area contributed by atoms with Crippen molar-refractivity contribution in [3.63, 3.8) is 0 Å². The van der Waals surface area contributed by atoms with Gasteiger partial charge in [-0.1, -0.05) is 76.2 Å². The number of hydrogen-bond donors (Lipinski definition) is 0. The van der Waals surface area contributed by atoms with Gasteiger partial charge in [0.2, 0.25) is 0 Å². The predicted molar refractivity (Wildman–Crippen MR) is 176 cm³/mol. The summed E-state index contributed by atoms with van der Waals surface area (Å²) in [6.07, 6.45) is 18.8. The monoisotopic (exact) mass is 554 g/mol. The fraction of sp³-hybridized carbons (Fsp3) is 0.242. The Morgan fingerprint density at radius 2 is 1.21 bits per heavy atom. The molecule has 0 saturated heterocycles. The Kier molecular flexibility index (Phi) is 11.2. The van der Waals surface area contributed by atoms with E-state index in [1.807, 2.05) is 46.1 Å². The van der Waals surface area contributed by atoms with Crippen LogP contribution in [0.5, 0.6) is 0 Å². The van der Waals surface area contributed by atoms with E-state index >= 15 is 0 Å². The lowest BCUT2D eigenvalue weighted by Gasteiger charge is -2.20. The molecule has 0 fully saturated rings. The van der Waals surface area contributed by atoms with Crippen LogP contribution < -0.4 is 9.80 Å². The average Bonchev–Trinajstić information content (AvgIpc) is 2.98. The summed E-state index contributed by atoms with van der Waals surface area (Å²) in [5.74, 6) is 2.19. The summed E-state index contributed by atoms with van der Waals surface area (Å²) in [5, 5.41) is 0. The summed E-state index contributed by atoms with van der Waals surface area (Å²) >= 11 is 0. The van der Waals surface area contributed by atoms with Gasteiger partial charge in [0.25, 0.3) is 0 Å². The van der Waals surface area contributed by atoms with Gasteiger partial charge in [0.15, 0.2) is 0 Å². The van der Waals surface area contributed by atoms with Crippen molar-refractivity contribution in [1.82, 2.24) is 9.88 Å². The maximum absolute atomic E-state index is 4.06. The van der Waals surface area contributed by atoms with Gasteiger partial charge in [-0.15, -0.1) is 0 Å². The normalized spacial score (nSPS) is 13.3. The highest BCUT2D eigenvalue weighted by atomic mass is 33.1. The molecule has 1 aromatic heterocycles. The lowest BCUT2D eigenvalue weighted by molar-refractivity contribution is 0.503. The number of pyridine rings is 1. The first-order valence-electron chi connectivity index (χ1n) is 13.3. The molecule has 1 aliphatic heterocycles. The van der Waals surface area contributed by atoms with E-state index in [0.717, 1.165) is 36.7 Å². The number of anilines is 2. The highest BCUT2D eigenvalue weighted by Gasteiger charge is 2.04. The molecule has 0 radical (unpaired) electrons. The SMILES string of the molecule is CN1C=CC(/C=C/c2ccc(N(C)CCSSCCN(C)c3ccc(/C=C/c4ccncc4)cc3)cc2)=CC1. The Morgan fingerprint density at radius 3 is 1.69 bits per heavy atom. The van der Waals surface area contributed by atoms with Crippen molar-refractivity contribution < 1.29 is 0 Å². The number of benzene rings is 2. The van der Waals surface area contributed by atoms with Crippen LogP contribution in [0, 0.1) is 0 Å². The first kappa shape index (κ1) is 28.7. The van der Waals surface area contributed by atoms with Gasteiger partial charge in [-0.25, -0.2) is 0 Å². The Hall–Kier alpha value is -3.35. The molecule has 2 aromatic carbocycles. The molecule has 0 bridgehead atoms. The fourth-order valence-corrected chi connectivity index (χ4v) is 6.07. The van der Waals surface area contributed by atoms with Crippen LogP contribution in [0.2, 0.25) is 0 Å². The topological polar surface area (TPSA) is 22.6 Å². The molecular formula is C33H38N4S2. The van der Waals surface area contributed by atoms with Crippen LogP contribution >= 0.6 is 21.6 Å². The van der Waals surface area contributed by atoms with Crippen molar-refractivity contribution in [2.75, 3.05) is 62.1 Å². The third-order valence-electron chi connectivity index (χ3n) is 6.55. The molecule has 0 N–H and O–H groups in total. The van der Waals surface area contributed by atoms with Gasteiger partial charge in [0, 0.05) is 76.1 Å². The van der Waals surface area contributed by atoms with Gasteiger partial charge in [-0.05, 0) is 70.9 Å². The minimum atomic E-state index is 0.966. The van der Waals surface area contributed by atoms with Crippen molar-refractivity contribution in [1.29, 1.82) is 0 Å². The Morgan fingerprint density at radius 1 is 0.718 bits per heavy atom. The maximum atomic E-state index is 4.06. The lowest BCUT2D eigenvalue weighted by atomic mass is 10.1. The number of aromatic nitrogens is 1. The zero-order valence-corrected chi connectivity index (χ0v) is 24.7. The third kappa shape index (κ3) is 9.72. The van der Waals surface area contributed by atoms with E-state index in [4.69, 9.17) is 0 Å². The average molecular weight is 555 g/mol. The molecule has 1 aliphatic rings. The smallest absolute Gasteiger partial charge is 0.0364 e. The summed E-state index contributed by atoms with van der Waals surface area (Å²) in [7, 11) is 10.3. The van der Waals surface area contributed by atoms with Crippen LogP contribution in [0.25, 0.3) is 18.2 Å². The van der Waals surface area contributed by atoms with E-state index in [2.05, 4.69) is 132 Å². The number of likely N-dealkylation sites (N-methyl/N-ethyl adjacent to an activating group) is 1. The second-order valence-electron chi connectivity index (χ2n) is 9.58. The molecule has 0 spiro atoms. The molecule has 0 atom stereocenters. The van der Waals surface area contributed by atoms with E-state index in [1.54, 1.807) is 0 Å². The molecule has 3 aromatic rings. The lowest BCUT2D eigenvalue weighted by Crippen LogP contribution is -2.21. The van der Waals surface area contributed by atoms with E-state index in [0.29, 0.717) is 0 Å². The Bertz CT molecular complexity index is 1270. The Labute approximate surface area is 242 Å². The van der Waals surface area contributed by atoms with Gasteiger partial charge in [-0.3, -0.25) is 4.98 Å². The van der Waals surface area contributed by atoms with Gasteiger partial charge in [0.1, 0.15) is 0 Å². The summed E-state index contributed by atoms with van der Waals surface area (Å²) < 4.78 is 0. The van der Waals surface area contributed by atoms with Crippen LogP contribution in [0.3, 0.4) is 0 Å². The second-order valence-corrected chi connectivity index (χ2v) is 12.3. The summed E-state index contributed by atoms with van der Waals surface area (Å²) in [6, 6.07) is 21.6. The molecule has 2 heterocycles. The second kappa shape index (κ2) is 15.3. The molecule has 0 aliphatic carbocycles. The zero-order chi connectivity index (χ0) is 27.3. The Balaban J connectivity index is 1.11. The minimum Gasteiger partial charge on any atom is -0.377 e.